The largest absolute Gasteiger partial charge is 0.369 e. The molecule has 0 saturated heterocycles. The number of benzene rings is 1. The molecular weight excluding hydrogens is 240 g/mol. The van der Waals surface area contributed by atoms with Gasteiger partial charge in [-0.1, -0.05) is 42.4 Å². The third-order valence-electron chi connectivity index (χ3n) is 2.70. The topological polar surface area (TPSA) is 47.3 Å². The number of nitrogens with one attached hydrogen (secondary N) is 1. The summed E-state index contributed by atoms with van der Waals surface area (Å²) in [6, 6.07) is 12.0. The van der Waals surface area contributed by atoms with Crippen LogP contribution in [-0.4, -0.2) is 11.7 Å². The van der Waals surface area contributed by atoms with E-state index in [0.717, 1.165) is 36.5 Å². The Morgan fingerprint density at radius 2 is 2.05 bits per heavy atom. The summed E-state index contributed by atoms with van der Waals surface area (Å²) in [5.41, 5.74) is 2.08. The molecule has 2 rings (SSSR count). The SMILES string of the molecule is CCCNCc1cc(COCc2ccccc2)on1. The van der Waals surface area contributed by atoms with Crippen LogP contribution >= 0.6 is 0 Å². The Kier molecular flexibility index (Phi) is 5.59. The van der Waals surface area contributed by atoms with E-state index in [0.29, 0.717) is 13.2 Å². The summed E-state index contributed by atoms with van der Waals surface area (Å²) in [6.45, 7) is 4.92. The first-order valence-electron chi connectivity index (χ1n) is 6.65. The van der Waals surface area contributed by atoms with E-state index >= 15 is 0 Å². The van der Waals surface area contributed by atoms with Crippen molar-refractivity contribution >= 4 is 0 Å². The van der Waals surface area contributed by atoms with Crippen molar-refractivity contribution in [3.05, 3.63) is 53.4 Å². The van der Waals surface area contributed by atoms with Gasteiger partial charge in [-0.05, 0) is 18.5 Å². The van der Waals surface area contributed by atoms with Crippen molar-refractivity contribution < 1.29 is 9.26 Å². The van der Waals surface area contributed by atoms with Gasteiger partial charge in [0.05, 0.1) is 12.3 Å². The molecule has 0 bridgehead atoms. The van der Waals surface area contributed by atoms with Crippen LogP contribution in [0.2, 0.25) is 0 Å². The Bertz CT molecular complexity index is 468. The zero-order chi connectivity index (χ0) is 13.3. The Hall–Kier alpha value is -1.65. The molecule has 1 N–H and O–H groups in total. The van der Waals surface area contributed by atoms with E-state index in [-0.39, 0.29) is 0 Å². The first kappa shape index (κ1) is 13.8. The van der Waals surface area contributed by atoms with E-state index in [4.69, 9.17) is 9.26 Å². The molecule has 0 fully saturated rings. The van der Waals surface area contributed by atoms with E-state index in [1.807, 2.05) is 36.4 Å². The van der Waals surface area contributed by atoms with Crippen molar-refractivity contribution in [1.82, 2.24) is 10.5 Å². The van der Waals surface area contributed by atoms with Crippen LogP contribution in [0.4, 0.5) is 0 Å². The van der Waals surface area contributed by atoms with Crippen molar-refractivity contribution in [2.45, 2.75) is 33.1 Å². The Morgan fingerprint density at radius 1 is 1.21 bits per heavy atom. The normalized spacial score (nSPS) is 10.8. The van der Waals surface area contributed by atoms with Gasteiger partial charge in [-0.15, -0.1) is 0 Å². The van der Waals surface area contributed by atoms with Gasteiger partial charge in [0, 0.05) is 12.6 Å². The van der Waals surface area contributed by atoms with E-state index in [1.165, 1.54) is 0 Å². The molecule has 1 aromatic heterocycles. The van der Waals surface area contributed by atoms with Crippen LogP contribution in [0.25, 0.3) is 0 Å². The van der Waals surface area contributed by atoms with Gasteiger partial charge in [0.1, 0.15) is 6.61 Å². The molecule has 4 nitrogen and oxygen atoms in total. The molecule has 0 unspecified atom stereocenters. The van der Waals surface area contributed by atoms with E-state index in [9.17, 15) is 0 Å². The lowest BCUT2D eigenvalue weighted by atomic mass is 10.2. The average molecular weight is 260 g/mol. The summed E-state index contributed by atoms with van der Waals surface area (Å²) in [5, 5.41) is 7.28. The van der Waals surface area contributed by atoms with Crippen molar-refractivity contribution in [3.63, 3.8) is 0 Å². The highest BCUT2D eigenvalue weighted by atomic mass is 16.5. The average Bonchev–Trinajstić information content (AvgIpc) is 2.88. The maximum atomic E-state index is 5.59. The predicted molar refractivity (Wildman–Crippen MR) is 73.4 cm³/mol. The van der Waals surface area contributed by atoms with Crippen LogP contribution in [0, 0.1) is 0 Å². The molecule has 0 spiro atoms. The highest BCUT2D eigenvalue weighted by molar-refractivity contribution is 5.13. The van der Waals surface area contributed by atoms with Crippen LogP contribution in [-0.2, 0) is 24.5 Å². The lowest BCUT2D eigenvalue weighted by molar-refractivity contribution is 0.0883. The fraction of sp³-hybridized carbons (Fsp3) is 0.400. The first-order valence-corrected chi connectivity index (χ1v) is 6.65. The number of nitrogens with zero attached hydrogens (tertiary/aromatic N) is 1. The molecule has 0 aliphatic rings. The molecule has 19 heavy (non-hydrogen) atoms. The van der Waals surface area contributed by atoms with Crippen molar-refractivity contribution in [3.8, 4) is 0 Å². The molecule has 102 valence electrons. The molecule has 0 atom stereocenters. The summed E-state index contributed by atoms with van der Waals surface area (Å²) in [5.74, 6) is 0.768. The molecular formula is C15H20N2O2. The minimum Gasteiger partial charge on any atom is -0.369 e. The number of rotatable bonds is 8. The quantitative estimate of drug-likeness (QED) is 0.741. The van der Waals surface area contributed by atoms with Crippen LogP contribution in [0.3, 0.4) is 0 Å². The highest BCUT2D eigenvalue weighted by Crippen LogP contribution is 2.07. The Balaban J connectivity index is 1.71. The highest BCUT2D eigenvalue weighted by Gasteiger charge is 2.04. The maximum Gasteiger partial charge on any atom is 0.162 e. The van der Waals surface area contributed by atoms with E-state index < -0.39 is 0 Å². The number of hydrogen-bond donors (Lipinski definition) is 1. The van der Waals surface area contributed by atoms with Crippen LogP contribution < -0.4 is 5.32 Å². The second kappa shape index (κ2) is 7.71. The smallest absolute Gasteiger partial charge is 0.162 e. The second-order valence-electron chi connectivity index (χ2n) is 4.44. The Labute approximate surface area is 113 Å². The number of ether oxygens (including phenoxy) is 1. The molecule has 0 aliphatic carbocycles. The zero-order valence-corrected chi connectivity index (χ0v) is 11.3. The molecule has 4 heteroatoms. The van der Waals surface area contributed by atoms with E-state index in [1.54, 1.807) is 0 Å². The van der Waals surface area contributed by atoms with Gasteiger partial charge in [-0.25, -0.2) is 0 Å². The van der Waals surface area contributed by atoms with Crippen LogP contribution in [0.5, 0.6) is 0 Å². The summed E-state index contributed by atoms with van der Waals surface area (Å²) in [7, 11) is 0. The van der Waals surface area contributed by atoms with Gasteiger partial charge >= 0.3 is 0 Å². The van der Waals surface area contributed by atoms with Gasteiger partial charge in [-0.2, -0.15) is 0 Å². The fourth-order valence-corrected chi connectivity index (χ4v) is 1.74. The minimum absolute atomic E-state index is 0.454. The molecule has 0 amide bonds. The van der Waals surface area contributed by atoms with Crippen LogP contribution in [0.1, 0.15) is 30.4 Å². The van der Waals surface area contributed by atoms with Gasteiger partial charge < -0.3 is 14.6 Å². The second-order valence-corrected chi connectivity index (χ2v) is 4.44. The van der Waals surface area contributed by atoms with Gasteiger partial charge in [0.2, 0.25) is 0 Å². The third kappa shape index (κ3) is 4.85. The summed E-state index contributed by atoms with van der Waals surface area (Å²) in [4.78, 5) is 0. The predicted octanol–water partition coefficient (Wildman–Crippen LogP) is 2.89. The van der Waals surface area contributed by atoms with Crippen molar-refractivity contribution in [1.29, 1.82) is 0 Å². The monoisotopic (exact) mass is 260 g/mol. The van der Waals surface area contributed by atoms with Gasteiger partial charge in [0.25, 0.3) is 0 Å². The first-order chi connectivity index (χ1) is 9.38. The van der Waals surface area contributed by atoms with E-state index in [2.05, 4.69) is 17.4 Å². The molecule has 0 radical (unpaired) electrons. The lowest BCUT2D eigenvalue weighted by Crippen LogP contribution is -2.13. The number of aromatic nitrogens is 1. The zero-order valence-electron chi connectivity index (χ0n) is 11.3. The van der Waals surface area contributed by atoms with Gasteiger partial charge in [0.15, 0.2) is 5.76 Å². The van der Waals surface area contributed by atoms with Crippen molar-refractivity contribution in [2.24, 2.45) is 0 Å². The molecule has 0 saturated carbocycles. The summed E-state index contributed by atoms with van der Waals surface area (Å²) < 4.78 is 10.8. The molecule has 0 aliphatic heterocycles. The Morgan fingerprint density at radius 3 is 2.84 bits per heavy atom. The molecule has 1 heterocycles. The number of hydrogen-bond acceptors (Lipinski definition) is 4. The van der Waals surface area contributed by atoms with Crippen molar-refractivity contribution in [2.75, 3.05) is 6.54 Å². The summed E-state index contributed by atoms with van der Waals surface area (Å²) >= 11 is 0. The lowest BCUT2D eigenvalue weighted by Gasteiger charge is -2.01. The molecule has 1 aromatic carbocycles. The standard InChI is InChI=1S/C15H20N2O2/c1-2-8-16-10-14-9-15(19-17-14)12-18-11-13-6-4-3-5-7-13/h3-7,9,16H,2,8,10-12H2,1H3. The summed E-state index contributed by atoms with van der Waals surface area (Å²) in [6.07, 6.45) is 1.12. The van der Waals surface area contributed by atoms with Gasteiger partial charge in [-0.3, -0.25) is 0 Å². The minimum atomic E-state index is 0.454. The maximum absolute atomic E-state index is 5.59. The molecule has 2 aromatic rings. The van der Waals surface area contributed by atoms with Crippen LogP contribution in [0.15, 0.2) is 40.9 Å². The fourth-order valence-electron chi connectivity index (χ4n) is 1.74. The third-order valence-corrected chi connectivity index (χ3v) is 2.70.